The van der Waals surface area contributed by atoms with E-state index < -0.39 is 17.3 Å². The van der Waals surface area contributed by atoms with Crippen LogP contribution in [0.25, 0.3) is 11.3 Å². The Morgan fingerprint density at radius 3 is 2.63 bits per heavy atom. The number of benzene rings is 2. The minimum absolute atomic E-state index is 0.139. The molecule has 138 valence electrons. The van der Waals surface area contributed by atoms with Crippen molar-refractivity contribution in [3.05, 3.63) is 80.9 Å². The van der Waals surface area contributed by atoms with Crippen molar-refractivity contribution in [2.75, 3.05) is 5.32 Å². The number of aryl methyl sites for hydroxylation is 2. The Labute approximate surface area is 160 Å². The molecule has 0 atom stereocenters. The Balaban J connectivity index is 1.84. The number of rotatable bonds is 4. The van der Waals surface area contributed by atoms with Crippen LogP contribution in [0.5, 0.6) is 0 Å². The zero-order valence-electron chi connectivity index (χ0n) is 14.8. The molecule has 5 nitrogen and oxygen atoms in total. The minimum atomic E-state index is -0.533. The predicted molar refractivity (Wildman–Crippen MR) is 103 cm³/mol. The van der Waals surface area contributed by atoms with E-state index in [0.29, 0.717) is 5.69 Å². The summed E-state index contributed by atoms with van der Waals surface area (Å²) < 4.78 is 14.4. The highest BCUT2D eigenvalue weighted by molar-refractivity contribution is 6.33. The van der Waals surface area contributed by atoms with Gasteiger partial charge in [0.1, 0.15) is 12.4 Å². The Morgan fingerprint density at radius 1 is 1.11 bits per heavy atom. The van der Waals surface area contributed by atoms with E-state index in [4.69, 9.17) is 11.6 Å². The molecule has 1 heterocycles. The largest absolute Gasteiger partial charge is 0.323 e. The van der Waals surface area contributed by atoms with Crippen molar-refractivity contribution in [3.63, 3.8) is 0 Å². The fraction of sp³-hybridized carbons (Fsp3) is 0.150. The van der Waals surface area contributed by atoms with Crippen LogP contribution < -0.4 is 10.9 Å². The maximum absolute atomic E-state index is 13.3. The molecule has 0 unspecified atom stereocenters. The number of hydrogen-bond donors (Lipinski definition) is 1. The molecular weight excluding hydrogens is 369 g/mol. The van der Waals surface area contributed by atoms with Gasteiger partial charge >= 0.3 is 0 Å². The summed E-state index contributed by atoms with van der Waals surface area (Å²) in [6, 6.07) is 12.5. The van der Waals surface area contributed by atoms with Crippen LogP contribution in [0.3, 0.4) is 0 Å². The number of aromatic nitrogens is 2. The zero-order valence-corrected chi connectivity index (χ0v) is 15.5. The zero-order chi connectivity index (χ0) is 19.6. The van der Waals surface area contributed by atoms with Crippen LogP contribution in [0, 0.1) is 19.7 Å². The van der Waals surface area contributed by atoms with Gasteiger partial charge in [-0.05, 0) is 55.3 Å². The summed E-state index contributed by atoms with van der Waals surface area (Å²) in [6.45, 7) is 3.69. The summed E-state index contributed by atoms with van der Waals surface area (Å²) >= 11 is 5.94. The molecule has 0 saturated carbocycles. The molecule has 0 aliphatic rings. The molecule has 3 rings (SSSR count). The van der Waals surface area contributed by atoms with Crippen LogP contribution in [0.2, 0.25) is 5.02 Å². The first-order chi connectivity index (χ1) is 12.8. The lowest BCUT2D eigenvalue weighted by molar-refractivity contribution is -0.117. The van der Waals surface area contributed by atoms with Gasteiger partial charge in [-0.2, -0.15) is 5.10 Å². The van der Waals surface area contributed by atoms with Crippen LogP contribution >= 0.6 is 11.6 Å². The first-order valence-electron chi connectivity index (χ1n) is 8.24. The van der Waals surface area contributed by atoms with Gasteiger partial charge in [-0.25, -0.2) is 9.07 Å². The predicted octanol–water partition coefficient (Wildman–Crippen LogP) is 3.96. The van der Waals surface area contributed by atoms with E-state index in [-0.39, 0.29) is 17.3 Å². The SMILES string of the molecule is Cc1ccc(-c2ccc(=O)n(CC(=O)Nc3cc(F)ccc3Cl)n2)cc1C. The van der Waals surface area contributed by atoms with Crippen molar-refractivity contribution < 1.29 is 9.18 Å². The van der Waals surface area contributed by atoms with E-state index in [9.17, 15) is 14.0 Å². The van der Waals surface area contributed by atoms with Crippen LogP contribution in [0.15, 0.2) is 53.3 Å². The van der Waals surface area contributed by atoms with Gasteiger partial charge in [0.15, 0.2) is 0 Å². The molecule has 0 fully saturated rings. The lowest BCUT2D eigenvalue weighted by atomic mass is 10.0. The van der Waals surface area contributed by atoms with Crippen LogP contribution in [0.1, 0.15) is 11.1 Å². The molecule has 2 aromatic carbocycles. The molecule has 1 amide bonds. The molecule has 7 heteroatoms. The van der Waals surface area contributed by atoms with E-state index in [0.717, 1.165) is 27.4 Å². The Kier molecular flexibility index (Phi) is 5.37. The van der Waals surface area contributed by atoms with Gasteiger partial charge < -0.3 is 5.32 Å². The smallest absolute Gasteiger partial charge is 0.267 e. The number of carbonyl (C=O) groups is 1. The van der Waals surface area contributed by atoms with Crippen molar-refractivity contribution in [3.8, 4) is 11.3 Å². The maximum Gasteiger partial charge on any atom is 0.267 e. The molecule has 0 bridgehead atoms. The summed E-state index contributed by atoms with van der Waals surface area (Å²) in [6.07, 6.45) is 0. The summed E-state index contributed by atoms with van der Waals surface area (Å²) in [5.41, 5.74) is 3.40. The highest BCUT2D eigenvalue weighted by Gasteiger charge is 2.11. The molecule has 0 radical (unpaired) electrons. The van der Waals surface area contributed by atoms with Gasteiger partial charge in [-0.1, -0.05) is 23.7 Å². The van der Waals surface area contributed by atoms with Crippen molar-refractivity contribution >= 4 is 23.2 Å². The topological polar surface area (TPSA) is 64.0 Å². The second-order valence-electron chi connectivity index (χ2n) is 6.19. The molecule has 0 aliphatic carbocycles. The number of halogens is 2. The van der Waals surface area contributed by atoms with Gasteiger partial charge in [0.05, 0.1) is 16.4 Å². The third-order valence-corrected chi connectivity index (χ3v) is 4.49. The van der Waals surface area contributed by atoms with E-state index in [1.807, 2.05) is 32.0 Å². The highest BCUT2D eigenvalue weighted by Crippen LogP contribution is 2.22. The Bertz CT molecular complexity index is 1080. The molecule has 27 heavy (non-hydrogen) atoms. The molecule has 0 spiro atoms. The average molecular weight is 386 g/mol. The molecule has 1 N–H and O–H groups in total. The third kappa shape index (κ3) is 4.41. The second kappa shape index (κ2) is 7.72. The highest BCUT2D eigenvalue weighted by atomic mass is 35.5. The lowest BCUT2D eigenvalue weighted by Crippen LogP contribution is -2.29. The molecule has 1 aromatic heterocycles. The molecule has 0 saturated heterocycles. The van der Waals surface area contributed by atoms with Crippen molar-refractivity contribution in [1.82, 2.24) is 9.78 Å². The third-order valence-electron chi connectivity index (χ3n) is 4.17. The molecule has 3 aromatic rings. The molecular formula is C20H17ClFN3O2. The Hall–Kier alpha value is -2.99. The van der Waals surface area contributed by atoms with Gasteiger partial charge in [0.25, 0.3) is 5.56 Å². The monoisotopic (exact) mass is 385 g/mol. The molecule has 0 aliphatic heterocycles. The van der Waals surface area contributed by atoms with Gasteiger partial charge in [0, 0.05) is 11.6 Å². The quantitative estimate of drug-likeness (QED) is 0.739. The number of anilines is 1. The summed E-state index contributed by atoms with van der Waals surface area (Å²) in [5, 5.41) is 6.97. The average Bonchev–Trinajstić information content (AvgIpc) is 2.62. The summed E-state index contributed by atoms with van der Waals surface area (Å²) in [4.78, 5) is 24.3. The maximum atomic E-state index is 13.3. The first-order valence-corrected chi connectivity index (χ1v) is 8.62. The number of nitrogens with zero attached hydrogens (tertiary/aromatic N) is 2. The first kappa shape index (κ1) is 18.8. The second-order valence-corrected chi connectivity index (χ2v) is 6.59. The standard InChI is InChI=1S/C20H17ClFN3O2/c1-12-3-4-14(9-13(12)2)17-7-8-20(27)25(24-17)11-19(26)23-18-10-15(22)5-6-16(18)21/h3-10H,11H2,1-2H3,(H,23,26). The van der Waals surface area contributed by atoms with Crippen molar-refractivity contribution in [2.24, 2.45) is 0 Å². The lowest BCUT2D eigenvalue weighted by Gasteiger charge is -2.10. The van der Waals surface area contributed by atoms with E-state index in [1.165, 1.54) is 18.2 Å². The normalized spacial score (nSPS) is 10.7. The van der Waals surface area contributed by atoms with Crippen molar-refractivity contribution in [2.45, 2.75) is 20.4 Å². The van der Waals surface area contributed by atoms with Crippen LogP contribution in [-0.2, 0) is 11.3 Å². The number of hydrogen-bond acceptors (Lipinski definition) is 3. The fourth-order valence-corrected chi connectivity index (χ4v) is 2.70. The summed E-state index contributed by atoms with van der Waals surface area (Å²) in [7, 11) is 0. The van der Waals surface area contributed by atoms with Crippen molar-refractivity contribution in [1.29, 1.82) is 0 Å². The van der Waals surface area contributed by atoms with Crippen LogP contribution in [0.4, 0.5) is 10.1 Å². The van der Waals surface area contributed by atoms with E-state index in [1.54, 1.807) is 6.07 Å². The summed E-state index contributed by atoms with van der Waals surface area (Å²) in [5.74, 6) is -1.06. The number of nitrogens with one attached hydrogen (secondary N) is 1. The van der Waals surface area contributed by atoms with Gasteiger partial charge in [-0.15, -0.1) is 0 Å². The number of carbonyl (C=O) groups excluding carboxylic acids is 1. The number of amides is 1. The fourth-order valence-electron chi connectivity index (χ4n) is 2.54. The van der Waals surface area contributed by atoms with Gasteiger partial charge in [-0.3, -0.25) is 9.59 Å². The van der Waals surface area contributed by atoms with E-state index in [2.05, 4.69) is 10.4 Å². The van der Waals surface area contributed by atoms with E-state index >= 15 is 0 Å². The van der Waals surface area contributed by atoms with Crippen LogP contribution in [-0.4, -0.2) is 15.7 Å². The van der Waals surface area contributed by atoms with Gasteiger partial charge in [0.2, 0.25) is 5.91 Å². The Morgan fingerprint density at radius 2 is 1.89 bits per heavy atom. The minimum Gasteiger partial charge on any atom is -0.323 e.